The van der Waals surface area contributed by atoms with E-state index in [2.05, 4.69) is 48.0 Å². The number of anilines is 1. The van der Waals surface area contributed by atoms with E-state index >= 15 is 0 Å². The molecule has 0 aromatic heterocycles. The van der Waals surface area contributed by atoms with E-state index in [9.17, 15) is 8.42 Å². The number of aryl methyl sites for hydroxylation is 1. The molecule has 2 atom stereocenters. The van der Waals surface area contributed by atoms with Crippen LogP contribution in [0.25, 0.3) is 0 Å². The first kappa shape index (κ1) is 21.3. The summed E-state index contributed by atoms with van der Waals surface area (Å²) in [7, 11) is -1.32. The first-order valence-corrected chi connectivity index (χ1v) is 12.5. The lowest BCUT2D eigenvalue weighted by atomic mass is 9.90. The number of nitrogens with zero attached hydrogens (tertiary/aromatic N) is 2. The van der Waals surface area contributed by atoms with Gasteiger partial charge in [-0.15, -0.1) is 0 Å². The third kappa shape index (κ3) is 4.56. The van der Waals surface area contributed by atoms with Gasteiger partial charge in [-0.3, -0.25) is 4.90 Å². The Bertz CT molecular complexity index is 966. The van der Waals surface area contributed by atoms with Crippen molar-refractivity contribution in [2.75, 3.05) is 25.0 Å². The second-order valence-corrected chi connectivity index (χ2v) is 10.5. The molecule has 1 heterocycles. The lowest BCUT2D eigenvalue weighted by Gasteiger charge is -2.42. The maximum Gasteiger partial charge on any atom is 0.238 e. The molecular weight excluding hydrogens is 394 g/mol. The third-order valence-corrected chi connectivity index (χ3v) is 7.97. The van der Waals surface area contributed by atoms with Gasteiger partial charge in [-0.1, -0.05) is 36.2 Å². The zero-order valence-electron chi connectivity index (χ0n) is 18.0. The van der Waals surface area contributed by atoms with Crippen LogP contribution in [-0.2, 0) is 10.0 Å². The molecule has 2 fully saturated rings. The molecule has 2 N–H and O–H groups in total. The predicted octanol–water partition coefficient (Wildman–Crippen LogP) is 3.88. The highest BCUT2D eigenvalue weighted by Gasteiger charge is 2.35. The Morgan fingerprint density at radius 1 is 1.00 bits per heavy atom. The minimum absolute atomic E-state index is 0.171. The summed E-state index contributed by atoms with van der Waals surface area (Å²) in [6.07, 6.45) is 6.13. The predicted molar refractivity (Wildman–Crippen MR) is 122 cm³/mol. The zero-order chi connectivity index (χ0) is 21.3. The first-order valence-electron chi connectivity index (χ1n) is 11.0. The maximum atomic E-state index is 11.5. The van der Waals surface area contributed by atoms with Crippen molar-refractivity contribution in [3.63, 3.8) is 0 Å². The topological polar surface area (TPSA) is 66.6 Å². The minimum atomic E-state index is -3.64. The summed E-state index contributed by atoms with van der Waals surface area (Å²) in [5.74, 6) is 0.638. The van der Waals surface area contributed by atoms with Crippen molar-refractivity contribution in [3.8, 4) is 0 Å². The Labute approximate surface area is 180 Å². The van der Waals surface area contributed by atoms with Crippen molar-refractivity contribution in [1.29, 1.82) is 0 Å². The highest BCUT2D eigenvalue weighted by atomic mass is 32.2. The second kappa shape index (κ2) is 8.69. The van der Waals surface area contributed by atoms with Crippen LogP contribution in [0.5, 0.6) is 0 Å². The van der Waals surface area contributed by atoms with Crippen LogP contribution < -0.4 is 10.0 Å². The van der Waals surface area contributed by atoms with Crippen molar-refractivity contribution < 1.29 is 8.42 Å². The van der Waals surface area contributed by atoms with Crippen molar-refractivity contribution in [3.05, 3.63) is 59.7 Å². The van der Waals surface area contributed by atoms with E-state index in [1.807, 2.05) is 12.1 Å². The minimum Gasteiger partial charge on any atom is -0.371 e. The van der Waals surface area contributed by atoms with Crippen LogP contribution in [0, 0.1) is 6.92 Å². The monoisotopic (exact) mass is 427 g/mol. The molecule has 0 bridgehead atoms. The molecule has 6 heteroatoms. The van der Waals surface area contributed by atoms with Crippen LogP contribution >= 0.6 is 0 Å². The average molecular weight is 428 g/mol. The van der Waals surface area contributed by atoms with Crippen LogP contribution in [0.1, 0.15) is 49.1 Å². The van der Waals surface area contributed by atoms with E-state index in [4.69, 9.17) is 5.14 Å². The van der Waals surface area contributed by atoms with Crippen molar-refractivity contribution in [2.24, 2.45) is 5.14 Å². The van der Waals surface area contributed by atoms with Crippen LogP contribution in [0.4, 0.5) is 5.69 Å². The quantitative estimate of drug-likeness (QED) is 0.786. The van der Waals surface area contributed by atoms with Crippen molar-refractivity contribution in [2.45, 2.75) is 61.9 Å². The van der Waals surface area contributed by atoms with E-state index in [1.165, 1.54) is 30.4 Å². The summed E-state index contributed by atoms with van der Waals surface area (Å²) in [6, 6.07) is 17.2. The van der Waals surface area contributed by atoms with E-state index in [0.29, 0.717) is 18.0 Å². The van der Waals surface area contributed by atoms with Crippen LogP contribution in [0.3, 0.4) is 0 Å². The molecule has 0 radical (unpaired) electrons. The van der Waals surface area contributed by atoms with Gasteiger partial charge < -0.3 is 4.90 Å². The van der Waals surface area contributed by atoms with Gasteiger partial charge in [-0.2, -0.15) is 0 Å². The molecule has 4 rings (SSSR count). The van der Waals surface area contributed by atoms with Gasteiger partial charge in [0.1, 0.15) is 0 Å². The molecule has 1 aliphatic heterocycles. The molecular formula is C24H33N3O2S. The van der Waals surface area contributed by atoms with Gasteiger partial charge in [-0.05, 0) is 75.4 Å². The Kier molecular flexibility index (Phi) is 6.19. The number of rotatable bonds is 5. The molecule has 2 aliphatic rings. The molecule has 2 aromatic rings. The summed E-state index contributed by atoms with van der Waals surface area (Å²) in [5.41, 5.74) is 3.92. The summed E-state index contributed by atoms with van der Waals surface area (Å²) in [4.78, 5) is 5.18. The Morgan fingerprint density at radius 3 is 2.33 bits per heavy atom. The number of hydrogen-bond acceptors (Lipinski definition) is 4. The number of primary sulfonamides is 1. The molecule has 0 amide bonds. The number of hydrogen-bond donors (Lipinski definition) is 1. The van der Waals surface area contributed by atoms with Gasteiger partial charge in [0.25, 0.3) is 0 Å². The molecule has 0 spiro atoms. The van der Waals surface area contributed by atoms with Gasteiger partial charge >= 0.3 is 0 Å². The fraction of sp³-hybridized carbons (Fsp3) is 0.500. The van der Waals surface area contributed by atoms with Gasteiger partial charge in [0.05, 0.1) is 4.90 Å². The van der Waals surface area contributed by atoms with Crippen LogP contribution in [0.2, 0.25) is 0 Å². The van der Waals surface area contributed by atoms with E-state index in [0.717, 1.165) is 31.6 Å². The van der Waals surface area contributed by atoms with Crippen molar-refractivity contribution >= 4 is 15.7 Å². The molecule has 0 unspecified atom stereocenters. The lowest BCUT2D eigenvalue weighted by Crippen LogP contribution is -2.48. The molecule has 2 aromatic carbocycles. The SMILES string of the molecule is Cc1cccc([C@@H]2CCC[C@@H]2N(C)C2CCN(c3ccc(S(N)(=O)=O)cc3)CC2)c1. The van der Waals surface area contributed by atoms with E-state index < -0.39 is 10.0 Å². The molecule has 1 aliphatic carbocycles. The molecule has 5 nitrogen and oxygen atoms in total. The largest absolute Gasteiger partial charge is 0.371 e. The van der Waals surface area contributed by atoms with Gasteiger partial charge in [-0.25, -0.2) is 13.6 Å². The van der Waals surface area contributed by atoms with Crippen molar-refractivity contribution in [1.82, 2.24) is 4.90 Å². The van der Waals surface area contributed by atoms with Gasteiger partial charge in [0, 0.05) is 30.9 Å². The van der Waals surface area contributed by atoms with Crippen LogP contribution in [-0.4, -0.2) is 45.5 Å². The summed E-state index contributed by atoms with van der Waals surface area (Å²) >= 11 is 0. The molecule has 1 saturated carbocycles. The normalized spacial score (nSPS) is 23.3. The van der Waals surface area contributed by atoms with Gasteiger partial charge in [0.2, 0.25) is 10.0 Å². The number of likely N-dealkylation sites (N-methyl/N-ethyl adjacent to an activating group) is 1. The Morgan fingerprint density at radius 2 is 1.70 bits per heavy atom. The summed E-state index contributed by atoms with van der Waals surface area (Å²) in [5, 5.41) is 5.21. The fourth-order valence-corrected chi connectivity index (χ4v) is 5.88. The highest BCUT2D eigenvalue weighted by Crippen LogP contribution is 2.39. The number of nitrogens with two attached hydrogens (primary N) is 1. The molecule has 30 heavy (non-hydrogen) atoms. The standard InChI is InChI=1S/C24H33N3O2S/c1-18-5-3-6-19(17-18)23-7-4-8-24(23)26(2)20-13-15-27(16-14-20)21-9-11-22(12-10-21)30(25,28)29/h3,5-6,9-12,17,20,23-24H,4,7-8,13-16H2,1-2H3,(H2,25,28,29)/t23-,24-/m0/s1. The zero-order valence-corrected chi connectivity index (χ0v) is 18.8. The Hall–Kier alpha value is -1.89. The molecule has 162 valence electrons. The van der Waals surface area contributed by atoms with Gasteiger partial charge in [0.15, 0.2) is 0 Å². The Balaban J connectivity index is 1.39. The number of sulfonamides is 1. The fourth-order valence-electron chi connectivity index (χ4n) is 5.37. The van der Waals surface area contributed by atoms with E-state index in [1.54, 1.807) is 12.1 Å². The van der Waals surface area contributed by atoms with Crippen LogP contribution in [0.15, 0.2) is 53.4 Å². The smallest absolute Gasteiger partial charge is 0.238 e. The van der Waals surface area contributed by atoms with E-state index in [-0.39, 0.29) is 4.90 Å². The lowest BCUT2D eigenvalue weighted by molar-refractivity contribution is 0.140. The highest BCUT2D eigenvalue weighted by molar-refractivity contribution is 7.89. The number of benzene rings is 2. The third-order valence-electron chi connectivity index (χ3n) is 7.04. The first-order chi connectivity index (χ1) is 14.3. The maximum absolute atomic E-state index is 11.5. The summed E-state index contributed by atoms with van der Waals surface area (Å²) in [6.45, 7) is 4.17. The average Bonchev–Trinajstić information content (AvgIpc) is 3.23. The molecule has 1 saturated heterocycles. The second-order valence-electron chi connectivity index (χ2n) is 8.94. The number of piperidine rings is 1. The summed E-state index contributed by atoms with van der Waals surface area (Å²) < 4.78 is 22.9.